The van der Waals surface area contributed by atoms with E-state index >= 15 is 0 Å². The molecule has 2 aromatic rings. The first kappa shape index (κ1) is 20.7. The van der Waals surface area contributed by atoms with E-state index in [4.69, 9.17) is 17.0 Å². The van der Waals surface area contributed by atoms with Crippen LogP contribution in [0.15, 0.2) is 34.0 Å². The number of ether oxygens (including phenoxy) is 1. The molecule has 2 aliphatic heterocycles. The number of fused-ring (bicyclic) bond motifs is 1. The molecule has 3 fully saturated rings. The number of nitrogens with zero attached hydrogens (tertiary/aromatic N) is 3. The average Bonchev–Trinajstić information content (AvgIpc) is 3.40. The van der Waals surface area contributed by atoms with Gasteiger partial charge >= 0.3 is 0 Å². The maximum absolute atomic E-state index is 13.5. The van der Waals surface area contributed by atoms with E-state index in [9.17, 15) is 9.59 Å². The largest absolute Gasteiger partial charge is 0.378 e. The molecule has 0 unspecified atom stereocenters. The van der Waals surface area contributed by atoms with E-state index in [1.54, 1.807) is 22.6 Å². The smallest absolute Gasteiger partial charge is 0.266 e. The minimum absolute atomic E-state index is 0.0648. The summed E-state index contributed by atoms with van der Waals surface area (Å²) >= 11 is 6.87. The highest BCUT2D eigenvalue weighted by molar-refractivity contribution is 8.26. The van der Waals surface area contributed by atoms with Crippen LogP contribution in [0, 0.1) is 0 Å². The fraction of sp³-hybridized carbons (Fsp3) is 0.435. The lowest BCUT2D eigenvalue weighted by molar-refractivity contribution is -0.123. The summed E-state index contributed by atoms with van der Waals surface area (Å²) in [5, 5.41) is 1.00. The van der Waals surface area contributed by atoms with Gasteiger partial charge in [0, 0.05) is 31.6 Å². The van der Waals surface area contributed by atoms with Crippen molar-refractivity contribution in [3.05, 3.63) is 45.1 Å². The molecule has 1 saturated carbocycles. The van der Waals surface area contributed by atoms with Gasteiger partial charge in [-0.15, -0.1) is 0 Å². The molecule has 1 aromatic carbocycles. The number of morpholine rings is 1. The van der Waals surface area contributed by atoms with Crippen molar-refractivity contribution < 1.29 is 9.53 Å². The van der Waals surface area contributed by atoms with Crippen LogP contribution >= 0.6 is 24.0 Å². The molecule has 0 bridgehead atoms. The molecule has 2 saturated heterocycles. The molecule has 1 amide bonds. The standard InChI is InChI=1S/C23H25N3O3S2/c1-24-18-9-5-4-8-16(18)20(25-10-12-29-13-11-25)17(21(24)27)14-19-22(28)26(23(30)31-19)15-6-2-3-7-15/h4-5,8-9,14-15H,2-3,6-7,10-13H2,1H3. The Bertz CT molecular complexity index is 1140. The first-order valence-electron chi connectivity index (χ1n) is 10.8. The van der Waals surface area contributed by atoms with E-state index in [-0.39, 0.29) is 17.5 Å². The molecule has 3 aliphatic rings. The number of thiocarbonyl (C=S) groups is 1. The third-order valence-corrected chi connectivity index (χ3v) is 7.76. The van der Waals surface area contributed by atoms with Crippen molar-refractivity contribution in [1.82, 2.24) is 9.47 Å². The Balaban J connectivity index is 1.66. The average molecular weight is 456 g/mol. The Morgan fingerprint density at radius 2 is 1.84 bits per heavy atom. The summed E-state index contributed by atoms with van der Waals surface area (Å²) < 4.78 is 7.81. The zero-order valence-electron chi connectivity index (χ0n) is 17.5. The number of para-hydroxylation sites is 1. The van der Waals surface area contributed by atoms with Crippen molar-refractivity contribution in [3.8, 4) is 0 Å². The van der Waals surface area contributed by atoms with Crippen LogP contribution in [0.3, 0.4) is 0 Å². The lowest BCUT2D eigenvalue weighted by Gasteiger charge is -2.31. The number of benzene rings is 1. The van der Waals surface area contributed by atoms with Gasteiger partial charge in [-0.1, -0.05) is 55.0 Å². The molecule has 1 aliphatic carbocycles. The number of hydrogen-bond acceptors (Lipinski definition) is 6. The third kappa shape index (κ3) is 3.60. The summed E-state index contributed by atoms with van der Waals surface area (Å²) in [6.45, 7) is 2.65. The van der Waals surface area contributed by atoms with Crippen LogP contribution in [-0.4, -0.2) is 52.0 Å². The normalized spacial score (nSPS) is 21.8. The van der Waals surface area contributed by atoms with Gasteiger partial charge in [0.25, 0.3) is 11.5 Å². The van der Waals surface area contributed by atoms with E-state index in [2.05, 4.69) is 4.90 Å². The number of carbonyl (C=O) groups excluding carboxylic acids is 1. The number of anilines is 1. The van der Waals surface area contributed by atoms with Crippen LogP contribution in [-0.2, 0) is 16.6 Å². The van der Waals surface area contributed by atoms with Crippen molar-refractivity contribution in [1.29, 1.82) is 0 Å². The zero-order valence-corrected chi connectivity index (χ0v) is 19.1. The number of pyridine rings is 1. The van der Waals surface area contributed by atoms with Crippen molar-refractivity contribution >= 4 is 56.9 Å². The van der Waals surface area contributed by atoms with Gasteiger partial charge in [-0.25, -0.2) is 0 Å². The number of aromatic nitrogens is 1. The highest BCUT2D eigenvalue weighted by atomic mass is 32.2. The van der Waals surface area contributed by atoms with Gasteiger partial charge in [0.15, 0.2) is 0 Å². The molecular weight excluding hydrogens is 430 g/mol. The molecule has 31 heavy (non-hydrogen) atoms. The fourth-order valence-electron chi connectivity index (χ4n) is 4.85. The van der Waals surface area contributed by atoms with Crippen LogP contribution in [0.4, 0.5) is 5.69 Å². The number of rotatable bonds is 3. The number of hydrogen-bond donors (Lipinski definition) is 0. The molecule has 0 N–H and O–H groups in total. The highest BCUT2D eigenvalue weighted by Crippen LogP contribution is 2.39. The van der Waals surface area contributed by atoms with Crippen molar-refractivity contribution in [2.75, 3.05) is 31.2 Å². The number of aryl methyl sites for hydroxylation is 1. The number of thioether (sulfide) groups is 1. The van der Waals surface area contributed by atoms with Crippen LogP contribution in [0.5, 0.6) is 0 Å². The Hall–Kier alpha value is -2.16. The second kappa shape index (κ2) is 8.41. The maximum atomic E-state index is 13.5. The summed E-state index contributed by atoms with van der Waals surface area (Å²) in [7, 11) is 1.79. The molecule has 0 radical (unpaired) electrons. The Morgan fingerprint density at radius 3 is 2.58 bits per heavy atom. The molecule has 5 rings (SSSR count). The second-order valence-electron chi connectivity index (χ2n) is 8.23. The van der Waals surface area contributed by atoms with Gasteiger partial charge in [0.2, 0.25) is 0 Å². The maximum Gasteiger partial charge on any atom is 0.266 e. The summed E-state index contributed by atoms with van der Waals surface area (Å²) in [5.74, 6) is -0.0648. The van der Waals surface area contributed by atoms with Gasteiger partial charge in [-0.2, -0.15) is 0 Å². The quantitative estimate of drug-likeness (QED) is 0.522. The predicted octanol–water partition coefficient (Wildman–Crippen LogP) is 3.52. The van der Waals surface area contributed by atoms with Gasteiger partial charge < -0.3 is 14.2 Å². The molecule has 1 aromatic heterocycles. The summed E-state index contributed by atoms with van der Waals surface area (Å²) in [6.07, 6.45) is 6.03. The Kier molecular flexibility index (Phi) is 5.62. The lowest BCUT2D eigenvalue weighted by atomic mass is 10.1. The predicted molar refractivity (Wildman–Crippen MR) is 129 cm³/mol. The molecule has 162 valence electrons. The van der Waals surface area contributed by atoms with Gasteiger partial charge in [0.1, 0.15) is 4.32 Å². The Morgan fingerprint density at radius 1 is 1.13 bits per heavy atom. The van der Waals surface area contributed by atoms with Crippen molar-refractivity contribution in [2.45, 2.75) is 31.7 Å². The summed E-state index contributed by atoms with van der Waals surface area (Å²) in [4.78, 5) is 31.2. The summed E-state index contributed by atoms with van der Waals surface area (Å²) in [6, 6.07) is 8.12. The van der Waals surface area contributed by atoms with Gasteiger partial charge in [-0.05, 0) is 25.0 Å². The Labute approximate surface area is 190 Å². The van der Waals surface area contributed by atoms with E-state index in [1.807, 2.05) is 24.3 Å². The van der Waals surface area contributed by atoms with Crippen LogP contribution in [0.2, 0.25) is 0 Å². The van der Waals surface area contributed by atoms with Gasteiger partial charge in [0.05, 0.1) is 34.9 Å². The molecule has 0 spiro atoms. The third-order valence-electron chi connectivity index (χ3n) is 6.43. The second-order valence-corrected chi connectivity index (χ2v) is 9.91. The minimum atomic E-state index is -0.105. The fourth-order valence-corrected chi connectivity index (χ4v) is 6.23. The molecule has 0 atom stereocenters. The van der Waals surface area contributed by atoms with Crippen LogP contribution in [0.25, 0.3) is 17.0 Å². The summed E-state index contributed by atoms with van der Waals surface area (Å²) in [5.41, 5.74) is 2.21. The van der Waals surface area contributed by atoms with E-state index in [0.29, 0.717) is 41.1 Å². The zero-order chi connectivity index (χ0) is 21.5. The van der Waals surface area contributed by atoms with E-state index in [1.165, 1.54) is 11.8 Å². The van der Waals surface area contributed by atoms with Crippen LogP contribution in [0.1, 0.15) is 31.2 Å². The number of amides is 1. The molecule has 3 heterocycles. The van der Waals surface area contributed by atoms with Crippen molar-refractivity contribution in [2.24, 2.45) is 7.05 Å². The first-order chi connectivity index (χ1) is 15.1. The van der Waals surface area contributed by atoms with Crippen LogP contribution < -0.4 is 10.5 Å². The minimum Gasteiger partial charge on any atom is -0.378 e. The monoisotopic (exact) mass is 455 g/mol. The molecule has 6 nitrogen and oxygen atoms in total. The molecular formula is C23H25N3O3S2. The topological polar surface area (TPSA) is 54.8 Å². The van der Waals surface area contributed by atoms with E-state index in [0.717, 1.165) is 42.3 Å². The SMILES string of the molecule is Cn1c(=O)c(C=C2SC(=S)N(C3CCCC3)C2=O)c(N2CCOCC2)c2ccccc21. The highest BCUT2D eigenvalue weighted by Gasteiger charge is 2.38. The molecule has 8 heteroatoms. The van der Waals surface area contributed by atoms with E-state index < -0.39 is 0 Å². The number of carbonyl (C=O) groups is 1. The van der Waals surface area contributed by atoms with Crippen molar-refractivity contribution in [3.63, 3.8) is 0 Å². The van der Waals surface area contributed by atoms with Gasteiger partial charge in [-0.3, -0.25) is 14.5 Å². The lowest BCUT2D eigenvalue weighted by Crippen LogP contribution is -2.38. The first-order valence-corrected chi connectivity index (χ1v) is 12.0.